The molecule has 0 bridgehead atoms. The van der Waals surface area contributed by atoms with Crippen molar-refractivity contribution >= 4 is 29.1 Å². The number of hydrogen-bond donors (Lipinski definition) is 0. The minimum Gasteiger partial charge on any atom is -0.438 e. The first kappa shape index (κ1) is 13.6. The van der Waals surface area contributed by atoms with Gasteiger partial charge in [-0.3, -0.25) is 0 Å². The topological polar surface area (TPSA) is 41.9 Å². The summed E-state index contributed by atoms with van der Waals surface area (Å²) >= 11 is 5.86. The van der Waals surface area contributed by atoms with E-state index >= 15 is 0 Å². The van der Waals surface area contributed by atoms with Crippen LogP contribution in [0.3, 0.4) is 0 Å². The van der Waals surface area contributed by atoms with E-state index in [1.54, 1.807) is 24.3 Å². The summed E-state index contributed by atoms with van der Waals surface area (Å²) in [5.41, 5.74) is 2.26. The van der Waals surface area contributed by atoms with Crippen LogP contribution >= 0.6 is 11.6 Å². The highest BCUT2D eigenvalue weighted by atomic mass is 35.5. The van der Waals surface area contributed by atoms with Crippen LogP contribution in [-0.4, -0.2) is 17.9 Å². The highest BCUT2D eigenvalue weighted by Gasteiger charge is 2.29. The summed E-state index contributed by atoms with van der Waals surface area (Å²) in [6.45, 7) is 1.81. The molecule has 0 radical (unpaired) electrons. The van der Waals surface area contributed by atoms with Crippen molar-refractivity contribution in [2.75, 3.05) is 5.01 Å². The molecule has 2 aromatic rings. The van der Waals surface area contributed by atoms with E-state index in [2.05, 4.69) is 5.10 Å². The molecule has 21 heavy (non-hydrogen) atoms. The second-order valence-corrected chi connectivity index (χ2v) is 5.10. The van der Waals surface area contributed by atoms with Crippen molar-refractivity contribution < 1.29 is 9.53 Å². The molecule has 2 aromatic carbocycles. The van der Waals surface area contributed by atoms with Gasteiger partial charge < -0.3 is 4.74 Å². The Morgan fingerprint density at radius 1 is 1.10 bits per heavy atom. The largest absolute Gasteiger partial charge is 0.438 e. The Balaban J connectivity index is 2.02. The standard InChI is InChI=1S/C16H13ClN2O2/c1-11-15(12-5-3-2-4-6-12)18-19(16(20)21-11)14-9-7-13(17)8-10-14/h2-11H,1H3. The molecule has 1 amide bonds. The van der Waals surface area contributed by atoms with Crippen molar-refractivity contribution in [3.63, 3.8) is 0 Å². The molecule has 0 N–H and O–H groups in total. The average molecular weight is 301 g/mol. The van der Waals surface area contributed by atoms with Crippen LogP contribution in [0.15, 0.2) is 59.7 Å². The maximum Gasteiger partial charge on any atom is 0.435 e. The molecule has 4 nitrogen and oxygen atoms in total. The number of hydrogen-bond acceptors (Lipinski definition) is 3. The van der Waals surface area contributed by atoms with Crippen LogP contribution in [0.2, 0.25) is 5.02 Å². The highest BCUT2D eigenvalue weighted by Crippen LogP contribution is 2.24. The lowest BCUT2D eigenvalue weighted by Gasteiger charge is -2.27. The Kier molecular flexibility index (Phi) is 3.62. The maximum absolute atomic E-state index is 12.0. The molecular formula is C16H13ClN2O2. The Hall–Kier alpha value is -2.33. The lowest BCUT2D eigenvalue weighted by atomic mass is 10.1. The molecule has 0 aliphatic carbocycles. The zero-order valence-electron chi connectivity index (χ0n) is 11.4. The first-order chi connectivity index (χ1) is 10.1. The summed E-state index contributed by atoms with van der Waals surface area (Å²) in [5, 5.41) is 6.30. The molecular weight excluding hydrogens is 288 g/mol. The summed E-state index contributed by atoms with van der Waals surface area (Å²) in [6, 6.07) is 16.5. The molecule has 1 atom stereocenters. The van der Waals surface area contributed by atoms with Crippen molar-refractivity contribution in [1.29, 1.82) is 0 Å². The van der Waals surface area contributed by atoms with Gasteiger partial charge in [-0.1, -0.05) is 41.9 Å². The van der Waals surface area contributed by atoms with Gasteiger partial charge in [-0.15, -0.1) is 0 Å². The third-order valence-corrected chi connectivity index (χ3v) is 3.44. The number of nitrogens with zero attached hydrogens (tertiary/aromatic N) is 2. The molecule has 1 unspecified atom stereocenters. The first-order valence-corrected chi connectivity index (χ1v) is 6.93. The summed E-state index contributed by atoms with van der Waals surface area (Å²) in [5.74, 6) is 0. The first-order valence-electron chi connectivity index (χ1n) is 6.55. The summed E-state index contributed by atoms with van der Waals surface area (Å²) in [7, 11) is 0. The number of ether oxygens (including phenoxy) is 1. The lowest BCUT2D eigenvalue weighted by molar-refractivity contribution is 0.136. The van der Waals surface area contributed by atoms with Crippen LogP contribution in [0.25, 0.3) is 0 Å². The van der Waals surface area contributed by atoms with Crippen LogP contribution in [0.5, 0.6) is 0 Å². The predicted octanol–water partition coefficient (Wildman–Crippen LogP) is 4.09. The third kappa shape index (κ3) is 2.76. The van der Waals surface area contributed by atoms with Gasteiger partial charge in [-0.25, -0.2) is 4.79 Å². The summed E-state index contributed by atoms with van der Waals surface area (Å²) in [6.07, 6.45) is -0.882. The fraction of sp³-hybridized carbons (Fsp3) is 0.125. The molecule has 1 aliphatic heterocycles. The van der Waals surface area contributed by atoms with Crippen molar-refractivity contribution in [1.82, 2.24) is 0 Å². The van der Waals surface area contributed by atoms with Crippen molar-refractivity contribution in [2.45, 2.75) is 13.0 Å². The smallest absolute Gasteiger partial charge is 0.435 e. The second-order valence-electron chi connectivity index (χ2n) is 4.67. The lowest BCUT2D eigenvalue weighted by Crippen LogP contribution is -2.40. The van der Waals surface area contributed by atoms with Gasteiger partial charge in [-0.05, 0) is 31.2 Å². The maximum atomic E-state index is 12.0. The van der Waals surface area contributed by atoms with E-state index in [-0.39, 0.29) is 6.10 Å². The molecule has 0 spiro atoms. The normalized spacial score (nSPS) is 18.2. The van der Waals surface area contributed by atoms with Gasteiger partial charge >= 0.3 is 6.09 Å². The Bertz CT molecular complexity index is 683. The number of rotatable bonds is 2. The number of hydrazone groups is 1. The summed E-state index contributed by atoms with van der Waals surface area (Å²) < 4.78 is 5.37. The van der Waals surface area contributed by atoms with Gasteiger partial charge in [0, 0.05) is 10.6 Å². The van der Waals surface area contributed by atoms with E-state index in [1.807, 2.05) is 37.3 Å². The molecule has 0 aromatic heterocycles. The van der Waals surface area contributed by atoms with Crippen LogP contribution in [0.1, 0.15) is 12.5 Å². The monoisotopic (exact) mass is 300 g/mol. The molecule has 106 valence electrons. The van der Waals surface area contributed by atoms with Crippen molar-refractivity contribution in [2.24, 2.45) is 5.10 Å². The molecule has 0 saturated carbocycles. The minimum atomic E-state index is -0.496. The second kappa shape index (κ2) is 5.58. The number of carbonyl (C=O) groups is 1. The van der Waals surface area contributed by atoms with Gasteiger partial charge in [-0.2, -0.15) is 10.1 Å². The number of anilines is 1. The Morgan fingerprint density at radius 2 is 1.76 bits per heavy atom. The zero-order valence-corrected chi connectivity index (χ0v) is 12.1. The van der Waals surface area contributed by atoms with Gasteiger partial charge in [0.15, 0.2) is 0 Å². The molecule has 3 rings (SSSR count). The van der Waals surface area contributed by atoms with E-state index in [0.717, 1.165) is 5.56 Å². The zero-order chi connectivity index (χ0) is 14.8. The molecule has 0 fully saturated rings. The molecule has 5 heteroatoms. The molecule has 0 saturated heterocycles. The van der Waals surface area contributed by atoms with E-state index in [4.69, 9.17) is 16.3 Å². The van der Waals surface area contributed by atoms with Gasteiger partial charge in [0.05, 0.1) is 5.69 Å². The van der Waals surface area contributed by atoms with E-state index in [1.165, 1.54) is 5.01 Å². The third-order valence-electron chi connectivity index (χ3n) is 3.18. The van der Waals surface area contributed by atoms with Crippen molar-refractivity contribution in [3.8, 4) is 0 Å². The van der Waals surface area contributed by atoms with Crippen LogP contribution < -0.4 is 5.01 Å². The Morgan fingerprint density at radius 3 is 2.43 bits per heavy atom. The highest BCUT2D eigenvalue weighted by molar-refractivity contribution is 6.30. The van der Waals surface area contributed by atoms with Crippen LogP contribution in [0.4, 0.5) is 10.5 Å². The van der Waals surface area contributed by atoms with Gasteiger partial charge in [0.25, 0.3) is 0 Å². The van der Waals surface area contributed by atoms with E-state index < -0.39 is 6.09 Å². The number of amides is 1. The summed E-state index contributed by atoms with van der Waals surface area (Å²) in [4.78, 5) is 12.0. The van der Waals surface area contributed by atoms with Crippen LogP contribution in [-0.2, 0) is 4.74 Å². The SMILES string of the molecule is CC1OC(=O)N(c2ccc(Cl)cc2)N=C1c1ccccc1. The fourth-order valence-corrected chi connectivity index (χ4v) is 2.26. The predicted molar refractivity (Wildman–Crippen MR) is 82.9 cm³/mol. The van der Waals surface area contributed by atoms with Gasteiger partial charge in [0.2, 0.25) is 0 Å². The van der Waals surface area contributed by atoms with E-state index in [0.29, 0.717) is 16.4 Å². The van der Waals surface area contributed by atoms with Gasteiger partial charge in [0.1, 0.15) is 11.8 Å². The fourth-order valence-electron chi connectivity index (χ4n) is 2.13. The minimum absolute atomic E-state index is 0.386. The molecule has 1 aliphatic rings. The number of carbonyl (C=O) groups excluding carboxylic acids is 1. The Labute approximate surface area is 127 Å². The number of halogens is 1. The number of benzene rings is 2. The number of cyclic esters (lactones) is 1. The van der Waals surface area contributed by atoms with Crippen LogP contribution in [0, 0.1) is 0 Å². The molecule has 1 heterocycles. The van der Waals surface area contributed by atoms with Crippen molar-refractivity contribution in [3.05, 3.63) is 65.2 Å². The van der Waals surface area contributed by atoms with E-state index in [9.17, 15) is 4.79 Å². The quantitative estimate of drug-likeness (QED) is 0.838. The average Bonchev–Trinajstić information content (AvgIpc) is 2.49.